The minimum Gasteiger partial charge on any atom is -0.504 e. The van der Waals surface area contributed by atoms with E-state index in [1.807, 2.05) is 24.3 Å². The van der Waals surface area contributed by atoms with Gasteiger partial charge in [-0.15, -0.1) is 0 Å². The second-order valence-electron chi connectivity index (χ2n) is 6.80. The maximum Gasteiger partial charge on any atom is 0.201 e. The lowest BCUT2D eigenvalue weighted by atomic mass is 9.98. The molecule has 2 N–H and O–H groups in total. The maximum absolute atomic E-state index is 13.3. The van der Waals surface area contributed by atoms with Crippen LogP contribution < -0.4 is 14.9 Å². The van der Waals surface area contributed by atoms with Crippen molar-refractivity contribution in [3.05, 3.63) is 82.0 Å². The van der Waals surface area contributed by atoms with Gasteiger partial charge in [0.1, 0.15) is 17.3 Å². The van der Waals surface area contributed by atoms with Gasteiger partial charge in [0.2, 0.25) is 5.75 Å². The molecule has 0 saturated heterocycles. The Kier molecular flexibility index (Phi) is 5.06. The van der Waals surface area contributed by atoms with E-state index in [1.165, 1.54) is 12.1 Å². The van der Waals surface area contributed by atoms with Gasteiger partial charge < -0.3 is 24.1 Å². The number of hydrogen-bond donors (Lipinski definition) is 2. The van der Waals surface area contributed by atoms with Crippen LogP contribution in [0.5, 0.6) is 23.0 Å². The molecule has 4 aromatic rings. The zero-order chi connectivity index (χ0) is 21.3. The number of rotatable bonds is 5. The highest BCUT2D eigenvalue weighted by Gasteiger charge is 2.20. The average Bonchev–Trinajstić information content (AvgIpc) is 2.78. The summed E-state index contributed by atoms with van der Waals surface area (Å²) in [7, 11) is 3.16. The van der Waals surface area contributed by atoms with Crippen LogP contribution in [0.25, 0.3) is 22.3 Å². The predicted octanol–water partition coefficient (Wildman–Crippen LogP) is 4.48. The fourth-order valence-corrected chi connectivity index (χ4v) is 3.36. The Morgan fingerprint density at radius 3 is 2.03 bits per heavy atom. The molecule has 0 bridgehead atoms. The summed E-state index contributed by atoms with van der Waals surface area (Å²) in [6, 6.07) is 17.2. The van der Waals surface area contributed by atoms with Crippen molar-refractivity contribution in [2.24, 2.45) is 0 Å². The summed E-state index contributed by atoms with van der Waals surface area (Å²) in [6.07, 6.45) is 0.325. The third-order valence-corrected chi connectivity index (χ3v) is 5.00. The van der Waals surface area contributed by atoms with Crippen LogP contribution in [0, 0.1) is 0 Å². The molecule has 6 heteroatoms. The van der Waals surface area contributed by atoms with Crippen LogP contribution in [0.4, 0.5) is 0 Å². The Morgan fingerprint density at radius 1 is 0.833 bits per heavy atom. The zero-order valence-electron chi connectivity index (χ0n) is 16.5. The van der Waals surface area contributed by atoms with Crippen molar-refractivity contribution >= 4 is 11.0 Å². The van der Waals surface area contributed by atoms with Gasteiger partial charge in [-0.05, 0) is 54.1 Å². The number of hydrogen-bond acceptors (Lipinski definition) is 6. The van der Waals surface area contributed by atoms with Crippen molar-refractivity contribution in [1.29, 1.82) is 0 Å². The lowest BCUT2D eigenvalue weighted by Crippen LogP contribution is -2.12. The van der Waals surface area contributed by atoms with Gasteiger partial charge in [-0.25, -0.2) is 0 Å². The van der Waals surface area contributed by atoms with Crippen molar-refractivity contribution < 1.29 is 24.1 Å². The monoisotopic (exact) mass is 404 g/mol. The largest absolute Gasteiger partial charge is 0.504 e. The van der Waals surface area contributed by atoms with Gasteiger partial charge in [0, 0.05) is 17.5 Å². The minimum absolute atomic E-state index is 0.0516. The summed E-state index contributed by atoms with van der Waals surface area (Å²) in [5.41, 5.74) is 1.68. The second kappa shape index (κ2) is 7.83. The normalized spacial score (nSPS) is 10.9. The van der Waals surface area contributed by atoms with E-state index in [1.54, 1.807) is 38.5 Å². The number of ether oxygens (including phenoxy) is 2. The molecule has 0 radical (unpaired) electrons. The molecule has 0 atom stereocenters. The third kappa shape index (κ3) is 3.43. The molecular weight excluding hydrogens is 384 g/mol. The molecular formula is C24H20O6. The average molecular weight is 404 g/mol. The third-order valence-electron chi connectivity index (χ3n) is 5.00. The Morgan fingerprint density at radius 2 is 1.43 bits per heavy atom. The van der Waals surface area contributed by atoms with Crippen molar-refractivity contribution in [3.8, 4) is 34.3 Å². The second-order valence-corrected chi connectivity index (χ2v) is 6.80. The van der Waals surface area contributed by atoms with Crippen molar-refractivity contribution in [2.75, 3.05) is 14.2 Å². The van der Waals surface area contributed by atoms with Gasteiger partial charge in [-0.3, -0.25) is 4.79 Å². The molecule has 0 aliphatic rings. The summed E-state index contributed by atoms with van der Waals surface area (Å²) < 4.78 is 16.4. The quantitative estimate of drug-likeness (QED) is 0.477. The first-order chi connectivity index (χ1) is 14.5. The SMILES string of the molecule is COc1ccc(Cc2c(-c3ccc(OC)cc3)oc3c(O)c(O)ccc3c2=O)cc1. The Labute approximate surface area is 172 Å². The van der Waals surface area contributed by atoms with Gasteiger partial charge in [-0.2, -0.15) is 0 Å². The highest BCUT2D eigenvalue weighted by atomic mass is 16.5. The number of fused-ring (bicyclic) bond motifs is 1. The summed E-state index contributed by atoms with van der Waals surface area (Å²) in [6.45, 7) is 0. The number of methoxy groups -OCH3 is 2. The maximum atomic E-state index is 13.3. The Balaban J connectivity index is 1.94. The Bertz CT molecular complexity index is 1250. The van der Waals surface area contributed by atoms with E-state index in [4.69, 9.17) is 13.9 Å². The van der Waals surface area contributed by atoms with Gasteiger partial charge in [0.15, 0.2) is 16.8 Å². The summed E-state index contributed by atoms with van der Waals surface area (Å²) in [5, 5.41) is 20.3. The van der Waals surface area contributed by atoms with Gasteiger partial charge in [0.25, 0.3) is 0 Å². The molecule has 0 aliphatic carbocycles. The van der Waals surface area contributed by atoms with Crippen LogP contribution in [0.2, 0.25) is 0 Å². The first-order valence-corrected chi connectivity index (χ1v) is 9.29. The van der Waals surface area contributed by atoms with Crippen LogP contribution in [-0.2, 0) is 6.42 Å². The summed E-state index contributed by atoms with van der Waals surface area (Å²) >= 11 is 0. The van der Waals surface area contributed by atoms with E-state index in [0.29, 0.717) is 29.1 Å². The predicted molar refractivity (Wildman–Crippen MR) is 114 cm³/mol. The molecule has 0 aliphatic heterocycles. The van der Waals surface area contributed by atoms with E-state index in [2.05, 4.69) is 0 Å². The smallest absolute Gasteiger partial charge is 0.201 e. The molecule has 4 rings (SSSR count). The van der Waals surface area contributed by atoms with Crippen LogP contribution in [0.1, 0.15) is 11.1 Å². The molecule has 0 unspecified atom stereocenters. The minimum atomic E-state index is -0.463. The molecule has 6 nitrogen and oxygen atoms in total. The fourth-order valence-electron chi connectivity index (χ4n) is 3.36. The van der Waals surface area contributed by atoms with Crippen molar-refractivity contribution in [3.63, 3.8) is 0 Å². The van der Waals surface area contributed by atoms with Crippen molar-refractivity contribution in [2.45, 2.75) is 6.42 Å². The molecule has 3 aromatic carbocycles. The molecule has 1 aromatic heterocycles. The van der Waals surface area contributed by atoms with Crippen LogP contribution in [-0.4, -0.2) is 24.4 Å². The number of benzene rings is 3. The van der Waals surface area contributed by atoms with E-state index in [-0.39, 0.29) is 22.1 Å². The molecule has 1 heterocycles. The highest BCUT2D eigenvalue weighted by Crippen LogP contribution is 2.36. The summed E-state index contributed by atoms with van der Waals surface area (Å²) in [4.78, 5) is 13.3. The lowest BCUT2D eigenvalue weighted by molar-refractivity contribution is 0.400. The number of phenols is 2. The number of aromatic hydroxyl groups is 2. The van der Waals surface area contributed by atoms with Gasteiger partial charge in [-0.1, -0.05) is 12.1 Å². The standard InChI is InChI=1S/C24H20O6/c1-28-16-7-3-14(4-8-16)13-19-21(26)18-11-12-20(25)22(27)24(18)30-23(19)15-5-9-17(29-2)10-6-15/h3-12,25,27H,13H2,1-2H3. The fraction of sp³-hybridized carbons (Fsp3) is 0.125. The number of phenolic OH excluding ortho intramolecular Hbond substituents is 2. The molecule has 0 fully saturated rings. The van der Waals surface area contributed by atoms with E-state index >= 15 is 0 Å². The van der Waals surface area contributed by atoms with E-state index in [9.17, 15) is 15.0 Å². The van der Waals surface area contributed by atoms with Crippen LogP contribution in [0.3, 0.4) is 0 Å². The van der Waals surface area contributed by atoms with E-state index < -0.39 is 5.75 Å². The van der Waals surface area contributed by atoms with E-state index in [0.717, 1.165) is 11.3 Å². The molecule has 0 amide bonds. The van der Waals surface area contributed by atoms with Crippen LogP contribution >= 0.6 is 0 Å². The Hall–Kier alpha value is -3.93. The first-order valence-electron chi connectivity index (χ1n) is 9.29. The summed E-state index contributed by atoms with van der Waals surface area (Å²) in [5.74, 6) is 0.899. The highest BCUT2D eigenvalue weighted by molar-refractivity contribution is 5.87. The molecule has 0 saturated carbocycles. The molecule has 0 spiro atoms. The first kappa shape index (κ1) is 19.4. The van der Waals surface area contributed by atoms with Crippen molar-refractivity contribution in [1.82, 2.24) is 0 Å². The van der Waals surface area contributed by atoms with Gasteiger partial charge in [0.05, 0.1) is 19.6 Å². The lowest BCUT2D eigenvalue weighted by Gasteiger charge is -2.12. The molecule has 152 valence electrons. The zero-order valence-corrected chi connectivity index (χ0v) is 16.5. The topological polar surface area (TPSA) is 89.1 Å². The van der Waals surface area contributed by atoms with Crippen LogP contribution in [0.15, 0.2) is 69.9 Å². The molecule has 30 heavy (non-hydrogen) atoms. The van der Waals surface area contributed by atoms with Gasteiger partial charge >= 0.3 is 0 Å².